The molecule has 0 rings (SSSR count). The van der Waals surface area contributed by atoms with Crippen LogP contribution < -0.4 is 5.32 Å². The number of unbranched alkanes of at least 4 members (excludes halogenated alkanes) is 46. The highest BCUT2D eigenvalue weighted by atomic mass is 16.5. The molecule has 6 heteroatoms. The first-order valence-corrected chi connectivity index (χ1v) is 33.9. The maximum atomic E-state index is 12.5. The highest BCUT2D eigenvalue weighted by molar-refractivity contribution is 5.76. The fraction of sp³-hybridized carbons (Fsp3) is 0.857. The maximum absolute atomic E-state index is 12.5. The van der Waals surface area contributed by atoms with Crippen LogP contribution in [0.4, 0.5) is 0 Å². The van der Waals surface area contributed by atoms with E-state index in [0.29, 0.717) is 19.4 Å². The van der Waals surface area contributed by atoms with Gasteiger partial charge in [0.25, 0.3) is 0 Å². The molecule has 0 saturated heterocycles. The van der Waals surface area contributed by atoms with Gasteiger partial charge in [-0.05, 0) is 83.5 Å². The third-order valence-corrected chi connectivity index (χ3v) is 15.6. The number of nitrogens with one attached hydrogen (secondary N) is 1. The van der Waals surface area contributed by atoms with Gasteiger partial charge >= 0.3 is 5.97 Å². The summed E-state index contributed by atoms with van der Waals surface area (Å²) < 4.78 is 5.48. The Morgan fingerprint density at radius 1 is 0.368 bits per heavy atom. The number of ether oxygens (including phenoxy) is 1. The molecular formula is C70H131NO5. The summed E-state index contributed by atoms with van der Waals surface area (Å²) in [7, 11) is 0. The standard InChI is InChI=1S/C70H131NO5/c1-3-5-7-9-11-13-15-17-19-20-29-32-35-38-42-46-50-54-58-62-68(73)67(66-72)71-69(74)63-59-55-51-47-43-39-36-33-30-27-25-23-21-22-24-26-28-31-34-37-41-45-49-53-57-61-65-76-70(75)64-60-56-52-48-44-40-18-16-14-12-10-8-6-4-2/h10,12,16,18,21,23,58,62,67-68,72-73H,3-9,11,13-15,17,19-20,22,24-57,59-61,63-66H2,1-2H3,(H,71,74)/b12-10-,18-16-,23-21-,62-58+. The number of allylic oxidation sites excluding steroid dienone is 7. The van der Waals surface area contributed by atoms with Crippen LogP contribution in [0.2, 0.25) is 0 Å². The molecule has 0 saturated carbocycles. The van der Waals surface area contributed by atoms with Gasteiger partial charge < -0.3 is 20.3 Å². The fourth-order valence-corrected chi connectivity index (χ4v) is 10.4. The zero-order chi connectivity index (χ0) is 55.0. The van der Waals surface area contributed by atoms with Crippen molar-refractivity contribution in [2.24, 2.45) is 0 Å². The van der Waals surface area contributed by atoms with Gasteiger partial charge in [-0.15, -0.1) is 0 Å². The van der Waals surface area contributed by atoms with Crippen molar-refractivity contribution >= 4 is 11.9 Å². The second-order valence-corrected chi connectivity index (χ2v) is 23.1. The van der Waals surface area contributed by atoms with Crippen LogP contribution in [0.15, 0.2) is 48.6 Å². The summed E-state index contributed by atoms with van der Waals surface area (Å²) in [5, 5.41) is 23.2. The van der Waals surface area contributed by atoms with Crippen LogP contribution in [0.3, 0.4) is 0 Å². The average molecular weight is 1070 g/mol. The van der Waals surface area contributed by atoms with Gasteiger partial charge in [-0.3, -0.25) is 9.59 Å². The first-order chi connectivity index (χ1) is 37.5. The van der Waals surface area contributed by atoms with Crippen LogP contribution in [0.1, 0.15) is 361 Å². The first kappa shape index (κ1) is 73.8. The van der Waals surface area contributed by atoms with E-state index in [1.807, 2.05) is 6.08 Å². The molecule has 6 nitrogen and oxygen atoms in total. The van der Waals surface area contributed by atoms with Gasteiger partial charge in [-0.25, -0.2) is 0 Å². The summed E-state index contributed by atoms with van der Waals surface area (Å²) in [4.78, 5) is 24.6. The van der Waals surface area contributed by atoms with Crippen LogP contribution in [-0.2, 0) is 14.3 Å². The Morgan fingerprint density at radius 3 is 1.05 bits per heavy atom. The Morgan fingerprint density at radius 2 is 0.671 bits per heavy atom. The number of amides is 1. The molecule has 0 aromatic heterocycles. The SMILES string of the molecule is CCCC/C=C\C/C=C\CCCCCCCC(=O)OCCCCCCCCCCCCCC/C=C\CCCCCCCCCCCCC(=O)NC(CO)C(O)/C=C/CCCCCCCCCCCCCCCCCCC. The van der Waals surface area contributed by atoms with E-state index in [4.69, 9.17) is 4.74 Å². The van der Waals surface area contributed by atoms with Crippen molar-refractivity contribution in [2.75, 3.05) is 13.2 Å². The molecule has 0 bridgehead atoms. The van der Waals surface area contributed by atoms with E-state index < -0.39 is 12.1 Å². The lowest BCUT2D eigenvalue weighted by molar-refractivity contribution is -0.143. The van der Waals surface area contributed by atoms with Crippen molar-refractivity contribution < 1.29 is 24.5 Å². The molecule has 3 N–H and O–H groups in total. The van der Waals surface area contributed by atoms with Gasteiger partial charge in [-0.2, -0.15) is 0 Å². The van der Waals surface area contributed by atoms with Gasteiger partial charge in [0.05, 0.1) is 25.4 Å². The highest BCUT2D eigenvalue weighted by Gasteiger charge is 2.18. The lowest BCUT2D eigenvalue weighted by atomic mass is 10.0. The van der Waals surface area contributed by atoms with E-state index in [2.05, 4.69) is 55.6 Å². The summed E-state index contributed by atoms with van der Waals surface area (Å²) >= 11 is 0. The summed E-state index contributed by atoms with van der Waals surface area (Å²) in [5.74, 6) is -0.0683. The molecule has 446 valence electrons. The lowest BCUT2D eigenvalue weighted by Gasteiger charge is -2.20. The molecule has 2 atom stereocenters. The van der Waals surface area contributed by atoms with E-state index in [-0.39, 0.29) is 18.5 Å². The van der Waals surface area contributed by atoms with Crippen LogP contribution in [0.5, 0.6) is 0 Å². The molecule has 0 radical (unpaired) electrons. The topological polar surface area (TPSA) is 95.9 Å². The summed E-state index contributed by atoms with van der Waals surface area (Å²) in [6.07, 6.45) is 84.6. The number of carbonyl (C=O) groups excluding carboxylic acids is 2. The van der Waals surface area contributed by atoms with Gasteiger partial charge in [0, 0.05) is 12.8 Å². The van der Waals surface area contributed by atoms with Crippen molar-refractivity contribution in [1.82, 2.24) is 5.32 Å². The summed E-state index contributed by atoms with van der Waals surface area (Å²) in [5.41, 5.74) is 0. The second-order valence-electron chi connectivity index (χ2n) is 23.1. The molecule has 0 fully saturated rings. The quantitative estimate of drug-likeness (QED) is 0.0320. The Kier molecular flexibility index (Phi) is 63.5. The molecule has 76 heavy (non-hydrogen) atoms. The Bertz CT molecular complexity index is 1270. The lowest BCUT2D eigenvalue weighted by Crippen LogP contribution is -2.45. The molecule has 0 aromatic rings. The molecule has 1 amide bonds. The van der Waals surface area contributed by atoms with Crippen LogP contribution >= 0.6 is 0 Å². The molecule has 0 aliphatic heterocycles. The second kappa shape index (κ2) is 65.3. The van der Waals surface area contributed by atoms with E-state index in [9.17, 15) is 19.8 Å². The largest absolute Gasteiger partial charge is 0.466 e. The average Bonchev–Trinajstić information content (AvgIpc) is 3.42. The first-order valence-electron chi connectivity index (χ1n) is 33.9. The zero-order valence-electron chi connectivity index (χ0n) is 51.0. The van der Waals surface area contributed by atoms with E-state index >= 15 is 0 Å². The third-order valence-electron chi connectivity index (χ3n) is 15.6. The van der Waals surface area contributed by atoms with Crippen LogP contribution in [0.25, 0.3) is 0 Å². The van der Waals surface area contributed by atoms with E-state index in [1.54, 1.807) is 6.08 Å². The van der Waals surface area contributed by atoms with Gasteiger partial charge in [-0.1, -0.05) is 313 Å². The third kappa shape index (κ3) is 61.0. The van der Waals surface area contributed by atoms with Gasteiger partial charge in [0.2, 0.25) is 5.91 Å². The Balaban J connectivity index is 3.43. The van der Waals surface area contributed by atoms with Crippen LogP contribution in [0, 0.1) is 0 Å². The summed E-state index contributed by atoms with van der Waals surface area (Å²) in [6.45, 7) is 4.88. The number of hydrogen-bond acceptors (Lipinski definition) is 5. The molecule has 0 aliphatic carbocycles. The van der Waals surface area contributed by atoms with Gasteiger partial charge in [0.15, 0.2) is 0 Å². The zero-order valence-corrected chi connectivity index (χ0v) is 51.0. The monoisotopic (exact) mass is 1070 g/mol. The Hall–Kier alpha value is -2.18. The normalized spacial score (nSPS) is 12.8. The minimum absolute atomic E-state index is 0.000771. The fourth-order valence-electron chi connectivity index (χ4n) is 10.4. The van der Waals surface area contributed by atoms with Gasteiger partial charge in [0.1, 0.15) is 0 Å². The molecule has 0 aromatic carbocycles. The number of rotatable bonds is 63. The number of carbonyl (C=O) groups is 2. The number of esters is 1. The molecule has 0 heterocycles. The van der Waals surface area contributed by atoms with Crippen molar-refractivity contribution in [2.45, 2.75) is 373 Å². The number of aliphatic hydroxyl groups is 2. The van der Waals surface area contributed by atoms with E-state index in [0.717, 1.165) is 51.4 Å². The summed E-state index contributed by atoms with van der Waals surface area (Å²) in [6, 6.07) is -0.631. The molecule has 0 spiro atoms. The smallest absolute Gasteiger partial charge is 0.305 e. The minimum Gasteiger partial charge on any atom is -0.466 e. The molecular weight excluding hydrogens is 935 g/mol. The maximum Gasteiger partial charge on any atom is 0.305 e. The number of hydrogen-bond donors (Lipinski definition) is 3. The molecule has 0 aliphatic rings. The number of aliphatic hydroxyl groups excluding tert-OH is 2. The van der Waals surface area contributed by atoms with Crippen molar-refractivity contribution in [3.8, 4) is 0 Å². The Labute approximate surface area is 474 Å². The van der Waals surface area contributed by atoms with Crippen LogP contribution in [-0.4, -0.2) is 47.4 Å². The minimum atomic E-state index is -0.847. The van der Waals surface area contributed by atoms with Crippen molar-refractivity contribution in [1.29, 1.82) is 0 Å². The van der Waals surface area contributed by atoms with Crippen molar-refractivity contribution in [3.63, 3.8) is 0 Å². The predicted molar refractivity (Wildman–Crippen MR) is 333 cm³/mol. The van der Waals surface area contributed by atoms with Crippen molar-refractivity contribution in [3.05, 3.63) is 48.6 Å². The van der Waals surface area contributed by atoms with E-state index in [1.165, 1.54) is 283 Å². The molecule has 2 unspecified atom stereocenters. The highest BCUT2D eigenvalue weighted by Crippen LogP contribution is 2.18. The predicted octanol–water partition coefficient (Wildman–Crippen LogP) is 21.7.